The van der Waals surface area contributed by atoms with Gasteiger partial charge in [0.05, 0.1) is 18.7 Å². The molecule has 2 aromatic rings. The summed E-state index contributed by atoms with van der Waals surface area (Å²) < 4.78 is 10.3. The number of para-hydroxylation sites is 1. The summed E-state index contributed by atoms with van der Waals surface area (Å²) >= 11 is 0. The molecule has 0 aliphatic rings. The number of nitrogens with one attached hydrogen (secondary N) is 1. The van der Waals surface area contributed by atoms with Gasteiger partial charge >= 0.3 is 5.97 Å². The van der Waals surface area contributed by atoms with Gasteiger partial charge in [-0.15, -0.1) is 0 Å². The molecular formula is C15H14N2O3. The molecule has 0 unspecified atom stereocenters. The molecule has 0 bridgehead atoms. The van der Waals surface area contributed by atoms with Crippen molar-refractivity contribution < 1.29 is 13.9 Å². The zero-order valence-corrected chi connectivity index (χ0v) is 11.1. The number of esters is 1. The zero-order valence-electron chi connectivity index (χ0n) is 11.1. The number of carbonyl (C=O) groups is 1. The van der Waals surface area contributed by atoms with Gasteiger partial charge in [-0.3, -0.25) is 0 Å². The third-order valence-electron chi connectivity index (χ3n) is 2.65. The van der Waals surface area contributed by atoms with Gasteiger partial charge in [0.15, 0.2) is 0 Å². The molecule has 0 amide bonds. The van der Waals surface area contributed by atoms with E-state index in [1.807, 2.05) is 12.1 Å². The summed E-state index contributed by atoms with van der Waals surface area (Å²) in [5.41, 5.74) is 1.14. The van der Waals surface area contributed by atoms with E-state index in [0.29, 0.717) is 30.2 Å². The monoisotopic (exact) mass is 270 g/mol. The first-order valence-electron chi connectivity index (χ1n) is 6.23. The van der Waals surface area contributed by atoms with Crippen molar-refractivity contribution in [1.82, 2.24) is 0 Å². The number of ether oxygens (including phenoxy) is 1. The molecule has 0 spiro atoms. The van der Waals surface area contributed by atoms with E-state index in [9.17, 15) is 4.79 Å². The Balaban J connectivity index is 2.09. The highest BCUT2D eigenvalue weighted by Crippen LogP contribution is 2.18. The van der Waals surface area contributed by atoms with Crippen LogP contribution in [0.5, 0.6) is 0 Å². The number of benzene rings is 1. The first kappa shape index (κ1) is 13.7. The van der Waals surface area contributed by atoms with Gasteiger partial charge in [-0.2, -0.15) is 5.26 Å². The van der Waals surface area contributed by atoms with Crippen LogP contribution in [0.25, 0.3) is 0 Å². The number of hydrogen-bond donors (Lipinski definition) is 1. The van der Waals surface area contributed by atoms with Crippen LogP contribution in [-0.4, -0.2) is 12.6 Å². The first-order chi connectivity index (χ1) is 9.74. The molecule has 0 radical (unpaired) electrons. The van der Waals surface area contributed by atoms with Gasteiger partial charge in [0.1, 0.15) is 11.8 Å². The van der Waals surface area contributed by atoms with Gasteiger partial charge in [0.2, 0.25) is 5.76 Å². The van der Waals surface area contributed by atoms with E-state index in [0.717, 1.165) is 0 Å². The summed E-state index contributed by atoms with van der Waals surface area (Å²) in [6, 6.07) is 12.3. The molecule has 0 aliphatic carbocycles. The molecule has 20 heavy (non-hydrogen) atoms. The number of hydrogen-bond acceptors (Lipinski definition) is 5. The van der Waals surface area contributed by atoms with Crippen molar-refractivity contribution >= 4 is 11.7 Å². The summed E-state index contributed by atoms with van der Waals surface area (Å²) in [6.07, 6.45) is 0. The molecule has 1 aromatic heterocycles. The van der Waals surface area contributed by atoms with Crippen LogP contribution in [0.2, 0.25) is 0 Å². The van der Waals surface area contributed by atoms with Crippen molar-refractivity contribution in [3.63, 3.8) is 0 Å². The van der Waals surface area contributed by atoms with E-state index in [2.05, 4.69) is 5.32 Å². The Morgan fingerprint density at radius 2 is 2.15 bits per heavy atom. The second kappa shape index (κ2) is 6.43. The number of anilines is 1. The second-order valence-corrected chi connectivity index (χ2v) is 4.00. The van der Waals surface area contributed by atoms with E-state index in [1.165, 1.54) is 0 Å². The lowest BCUT2D eigenvalue weighted by molar-refractivity contribution is 0.0527. The van der Waals surface area contributed by atoms with E-state index < -0.39 is 0 Å². The summed E-state index contributed by atoms with van der Waals surface area (Å²) in [7, 11) is 0. The Labute approximate surface area is 116 Å². The Bertz CT molecular complexity index is 641. The van der Waals surface area contributed by atoms with Crippen LogP contribution in [0.1, 0.15) is 28.8 Å². The largest absolute Gasteiger partial charge is 0.462 e. The maximum absolute atomic E-state index is 11.8. The third-order valence-corrected chi connectivity index (χ3v) is 2.65. The Morgan fingerprint density at radius 3 is 2.85 bits per heavy atom. The maximum atomic E-state index is 11.8. The van der Waals surface area contributed by atoms with Crippen molar-refractivity contribution in [2.24, 2.45) is 0 Å². The highest BCUT2D eigenvalue weighted by Gasteiger charge is 2.11. The van der Waals surface area contributed by atoms with Crippen molar-refractivity contribution in [2.45, 2.75) is 13.5 Å². The molecule has 1 aromatic carbocycles. The van der Waals surface area contributed by atoms with Gasteiger partial charge in [-0.05, 0) is 31.2 Å². The molecule has 0 saturated heterocycles. The molecule has 0 saturated carbocycles. The molecule has 0 atom stereocenters. The highest BCUT2D eigenvalue weighted by molar-refractivity contribution is 5.95. The molecule has 0 fully saturated rings. The molecule has 5 nitrogen and oxygen atoms in total. The van der Waals surface area contributed by atoms with Crippen molar-refractivity contribution in [3.05, 3.63) is 53.5 Å². The van der Waals surface area contributed by atoms with E-state index in [-0.39, 0.29) is 11.7 Å². The fourth-order valence-electron chi connectivity index (χ4n) is 1.74. The molecule has 102 valence electrons. The molecular weight excluding hydrogens is 256 g/mol. The lowest BCUT2D eigenvalue weighted by Crippen LogP contribution is -2.09. The molecule has 2 rings (SSSR count). The second-order valence-electron chi connectivity index (χ2n) is 4.00. The molecule has 0 aliphatic heterocycles. The van der Waals surface area contributed by atoms with Crippen LogP contribution < -0.4 is 5.32 Å². The summed E-state index contributed by atoms with van der Waals surface area (Å²) in [6.45, 7) is 2.48. The number of nitrogens with zero attached hydrogens (tertiary/aromatic N) is 1. The van der Waals surface area contributed by atoms with Crippen LogP contribution in [0.15, 0.2) is 40.8 Å². The van der Waals surface area contributed by atoms with E-state index in [4.69, 9.17) is 14.4 Å². The van der Waals surface area contributed by atoms with E-state index in [1.54, 1.807) is 37.3 Å². The van der Waals surface area contributed by atoms with Crippen molar-refractivity contribution in [3.8, 4) is 6.07 Å². The Morgan fingerprint density at radius 1 is 1.35 bits per heavy atom. The Hall–Kier alpha value is -2.74. The average molecular weight is 270 g/mol. The quantitative estimate of drug-likeness (QED) is 0.845. The van der Waals surface area contributed by atoms with Crippen LogP contribution >= 0.6 is 0 Å². The van der Waals surface area contributed by atoms with Crippen LogP contribution in [0.3, 0.4) is 0 Å². The van der Waals surface area contributed by atoms with Gasteiger partial charge in [-0.25, -0.2) is 4.79 Å². The number of carbonyl (C=O) groups excluding carboxylic acids is 1. The smallest absolute Gasteiger partial charge is 0.340 e. The minimum atomic E-state index is -0.368. The topological polar surface area (TPSA) is 75.3 Å². The predicted molar refractivity (Wildman–Crippen MR) is 73.1 cm³/mol. The predicted octanol–water partition coefficient (Wildman–Crippen LogP) is 2.94. The first-order valence-corrected chi connectivity index (χ1v) is 6.23. The maximum Gasteiger partial charge on any atom is 0.340 e. The Kier molecular flexibility index (Phi) is 4.40. The number of nitriles is 1. The molecule has 5 heteroatoms. The average Bonchev–Trinajstić information content (AvgIpc) is 2.93. The lowest BCUT2D eigenvalue weighted by atomic mass is 10.2. The van der Waals surface area contributed by atoms with Gasteiger partial charge in [0.25, 0.3) is 0 Å². The molecule has 1 heterocycles. The zero-order chi connectivity index (χ0) is 14.4. The number of rotatable bonds is 5. The minimum Gasteiger partial charge on any atom is -0.462 e. The van der Waals surface area contributed by atoms with Crippen molar-refractivity contribution in [1.29, 1.82) is 5.26 Å². The van der Waals surface area contributed by atoms with Crippen LogP contribution in [-0.2, 0) is 11.3 Å². The fourth-order valence-corrected chi connectivity index (χ4v) is 1.74. The standard InChI is InChI=1S/C15H14N2O3/c1-2-19-15(18)13-5-3-4-6-14(13)17-10-12-8-7-11(9-16)20-12/h3-8,17H,2,10H2,1H3. The van der Waals surface area contributed by atoms with Gasteiger partial charge in [-0.1, -0.05) is 12.1 Å². The summed E-state index contributed by atoms with van der Waals surface area (Å²) in [5, 5.41) is 11.8. The summed E-state index contributed by atoms with van der Waals surface area (Å²) in [5.74, 6) is 0.522. The van der Waals surface area contributed by atoms with Crippen LogP contribution in [0, 0.1) is 11.3 Å². The van der Waals surface area contributed by atoms with Crippen LogP contribution in [0.4, 0.5) is 5.69 Å². The minimum absolute atomic E-state index is 0.264. The lowest BCUT2D eigenvalue weighted by Gasteiger charge is -2.10. The van der Waals surface area contributed by atoms with E-state index >= 15 is 0 Å². The van der Waals surface area contributed by atoms with Gasteiger partial charge < -0.3 is 14.5 Å². The SMILES string of the molecule is CCOC(=O)c1ccccc1NCc1ccc(C#N)o1. The van der Waals surface area contributed by atoms with Crippen molar-refractivity contribution in [2.75, 3.05) is 11.9 Å². The van der Waals surface area contributed by atoms with Gasteiger partial charge in [0, 0.05) is 5.69 Å². The number of furan rings is 1. The normalized spacial score (nSPS) is 9.80. The molecule has 1 N–H and O–H groups in total. The third kappa shape index (κ3) is 3.18. The summed E-state index contributed by atoms with van der Waals surface area (Å²) in [4.78, 5) is 11.8. The fraction of sp³-hybridized carbons (Fsp3) is 0.200. The highest BCUT2D eigenvalue weighted by atomic mass is 16.5.